The van der Waals surface area contributed by atoms with Crippen molar-refractivity contribution in [3.63, 3.8) is 0 Å². The molecule has 1 fully saturated rings. The maximum Gasteiger partial charge on any atom is 0.257 e. The number of halogens is 1. The lowest BCUT2D eigenvalue weighted by atomic mass is 10.0. The summed E-state index contributed by atoms with van der Waals surface area (Å²) in [4.78, 5) is 29.5. The third-order valence-corrected chi connectivity index (χ3v) is 5.90. The van der Waals surface area contributed by atoms with E-state index in [0.717, 1.165) is 11.4 Å². The fraction of sp³-hybridized carbons (Fsp3) is 0.292. The van der Waals surface area contributed by atoms with E-state index < -0.39 is 0 Å². The number of hydrogen-bond acceptors (Lipinski definition) is 4. The van der Waals surface area contributed by atoms with Crippen LogP contribution in [0.25, 0.3) is 5.69 Å². The van der Waals surface area contributed by atoms with Crippen LogP contribution in [0.1, 0.15) is 46.2 Å². The maximum absolute atomic E-state index is 13.3. The van der Waals surface area contributed by atoms with Crippen molar-refractivity contribution in [3.8, 4) is 11.4 Å². The van der Waals surface area contributed by atoms with Gasteiger partial charge in [-0.05, 0) is 42.3 Å². The van der Waals surface area contributed by atoms with Gasteiger partial charge in [-0.3, -0.25) is 9.59 Å². The third kappa shape index (κ3) is 4.21. The Kier molecular flexibility index (Phi) is 6.19. The number of nitrogens with zero attached hydrogens (tertiary/aromatic N) is 4. The number of para-hydroxylation sites is 1. The van der Waals surface area contributed by atoms with Gasteiger partial charge in [-0.15, -0.1) is 0 Å². The van der Waals surface area contributed by atoms with Crippen LogP contribution in [0.4, 0.5) is 0 Å². The Labute approximate surface area is 191 Å². The molecule has 2 heterocycles. The summed E-state index contributed by atoms with van der Waals surface area (Å²) in [6.07, 6.45) is 1.62. The van der Waals surface area contributed by atoms with Crippen LogP contribution in [0.2, 0.25) is 5.02 Å². The van der Waals surface area contributed by atoms with Crippen LogP contribution in [0, 0.1) is 0 Å². The van der Waals surface area contributed by atoms with Crippen molar-refractivity contribution in [2.75, 3.05) is 26.2 Å². The van der Waals surface area contributed by atoms with E-state index >= 15 is 0 Å². The van der Waals surface area contributed by atoms with E-state index in [9.17, 15) is 14.7 Å². The number of rotatable bonds is 4. The summed E-state index contributed by atoms with van der Waals surface area (Å²) in [5.74, 6) is -0.277. The zero-order valence-corrected chi connectivity index (χ0v) is 18.8. The van der Waals surface area contributed by atoms with Gasteiger partial charge in [0.1, 0.15) is 5.75 Å². The van der Waals surface area contributed by atoms with Crippen LogP contribution < -0.4 is 0 Å². The van der Waals surface area contributed by atoms with Gasteiger partial charge < -0.3 is 14.9 Å². The highest BCUT2D eigenvalue weighted by Crippen LogP contribution is 2.26. The highest BCUT2D eigenvalue weighted by Gasteiger charge is 2.29. The molecule has 0 saturated carbocycles. The molecule has 0 spiro atoms. The van der Waals surface area contributed by atoms with Crippen molar-refractivity contribution >= 4 is 23.4 Å². The molecular weight excluding hydrogens is 428 g/mol. The lowest BCUT2D eigenvalue weighted by molar-refractivity contribution is 0.0533. The maximum atomic E-state index is 13.3. The summed E-state index contributed by atoms with van der Waals surface area (Å²) in [7, 11) is 0. The SMILES string of the molecule is CC(C)c1c(C(=O)N2CCN(C(=O)c3ccccc3O)CC2)cnn1-c1ccc(Cl)cc1. The zero-order chi connectivity index (χ0) is 22.8. The topological polar surface area (TPSA) is 78.7 Å². The molecule has 0 unspecified atom stereocenters. The number of amides is 2. The first-order chi connectivity index (χ1) is 15.4. The Balaban J connectivity index is 1.50. The van der Waals surface area contributed by atoms with E-state index in [4.69, 9.17) is 11.6 Å². The van der Waals surface area contributed by atoms with Gasteiger partial charge in [0.05, 0.1) is 28.7 Å². The second-order valence-corrected chi connectivity index (χ2v) is 8.52. The summed E-state index contributed by atoms with van der Waals surface area (Å²) in [6.45, 7) is 5.71. The number of carbonyl (C=O) groups excluding carboxylic acids is 2. The Morgan fingerprint density at radius 3 is 2.03 bits per heavy atom. The van der Waals surface area contributed by atoms with Crippen LogP contribution in [0.15, 0.2) is 54.7 Å². The summed E-state index contributed by atoms with van der Waals surface area (Å²) >= 11 is 6.01. The second-order valence-electron chi connectivity index (χ2n) is 8.09. The lowest BCUT2D eigenvalue weighted by Gasteiger charge is -2.35. The highest BCUT2D eigenvalue weighted by atomic mass is 35.5. The molecule has 3 aromatic rings. The van der Waals surface area contributed by atoms with Gasteiger partial charge in [0.25, 0.3) is 11.8 Å². The number of carbonyl (C=O) groups is 2. The molecule has 1 aromatic heterocycles. The second kappa shape index (κ2) is 9.04. The van der Waals surface area contributed by atoms with Gasteiger partial charge in [-0.1, -0.05) is 37.6 Å². The van der Waals surface area contributed by atoms with Gasteiger partial charge in [-0.2, -0.15) is 5.10 Å². The van der Waals surface area contributed by atoms with E-state index in [1.54, 1.807) is 51.0 Å². The van der Waals surface area contributed by atoms with Gasteiger partial charge in [0.2, 0.25) is 0 Å². The highest BCUT2D eigenvalue weighted by molar-refractivity contribution is 6.30. The molecule has 32 heavy (non-hydrogen) atoms. The van der Waals surface area contributed by atoms with Crippen molar-refractivity contribution in [2.24, 2.45) is 0 Å². The van der Waals surface area contributed by atoms with Crippen LogP contribution >= 0.6 is 11.6 Å². The van der Waals surface area contributed by atoms with Crippen LogP contribution in [-0.4, -0.2) is 62.7 Å². The Bertz CT molecular complexity index is 1130. The molecule has 166 valence electrons. The van der Waals surface area contributed by atoms with E-state index in [-0.39, 0.29) is 29.0 Å². The quantitative estimate of drug-likeness (QED) is 0.650. The van der Waals surface area contributed by atoms with Crippen LogP contribution in [0.3, 0.4) is 0 Å². The average molecular weight is 453 g/mol. The summed E-state index contributed by atoms with van der Waals surface area (Å²) in [5.41, 5.74) is 2.52. The van der Waals surface area contributed by atoms with Crippen molar-refractivity contribution in [2.45, 2.75) is 19.8 Å². The molecule has 2 aromatic carbocycles. The number of aromatic hydroxyl groups is 1. The zero-order valence-electron chi connectivity index (χ0n) is 18.0. The summed E-state index contributed by atoms with van der Waals surface area (Å²) < 4.78 is 1.78. The van der Waals surface area contributed by atoms with Crippen molar-refractivity contribution in [1.29, 1.82) is 0 Å². The predicted octanol–water partition coefficient (Wildman–Crippen LogP) is 3.95. The number of phenolic OH excluding ortho intramolecular Hbond substituents is 1. The van der Waals surface area contributed by atoms with Gasteiger partial charge >= 0.3 is 0 Å². The number of hydrogen-bond donors (Lipinski definition) is 1. The predicted molar refractivity (Wildman–Crippen MR) is 123 cm³/mol. The molecule has 2 amide bonds. The van der Waals surface area contributed by atoms with Crippen molar-refractivity contribution < 1.29 is 14.7 Å². The Hall–Kier alpha value is -3.32. The number of phenols is 1. The minimum atomic E-state index is -0.228. The van der Waals surface area contributed by atoms with Gasteiger partial charge in [0, 0.05) is 31.2 Å². The molecule has 4 rings (SSSR count). The molecule has 0 bridgehead atoms. The fourth-order valence-electron chi connectivity index (χ4n) is 3.97. The molecule has 0 aliphatic carbocycles. The standard InChI is InChI=1S/C24H25ClN4O3/c1-16(2)22-20(15-26-29(22)18-9-7-17(25)8-10-18)24(32)28-13-11-27(12-14-28)23(31)19-5-3-4-6-21(19)30/h3-10,15-16,30H,11-14H2,1-2H3. The first-order valence-electron chi connectivity index (χ1n) is 10.6. The normalized spacial score (nSPS) is 14.1. The molecule has 1 aliphatic heterocycles. The summed E-state index contributed by atoms with van der Waals surface area (Å²) in [5, 5.41) is 15.1. The molecular formula is C24H25ClN4O3. The van der Waals surface area contributed by atoms with E-state index in [1.807, 2.05) is 26.0 Å². The molecule has 7 nitrogen and oxygen atoms in total. The molecule has 0 atom stereocenters. The van der Waals surface area contributed by atoms with E-state index in [0.29, 0.717) is 36.8 Å². The Morgan fingerprint density at radius 1 is 0.906 bits per heavy atom. The number of piperazine rings is 1. The minimum absolute atomic E-state index is 0.0350. The Morgan fingerprint density at radius 2 is 1.47 bits per heavy atom. The van der Waals surface area contributed by atoms with Crippen LogP contribution in [-0.2, 0) is 0 Å². The van der Waals surface area contributed by atoms with Crippen molar-refractivity contribution in [1.82, 2.24) is 19.6 Å². The minimum Gasteiger partial charge on any atom is -0.507 e. The van der Waals surface area contributed by atoms with Crippen molar-refractivity contribution in [3.05, 3.63) is 76.6 Å². The third-order valence-electron chi connectivity index (χ3n) is 5.64. The van der Waals surface area contributed by atoms with E-state index in [2.05, 4.69) is 5.10 Å². The smallest absolute Gasteiger partial charge is 0.257 e. The number of benzene rings is 2. The first kappa shape index (κ1) is 21.9. The average Bonchev–Trinajstić information content (AvgIpc) is 3.24. The molecule has 8 heteroatoms. The molecule has 1 saturated heterocycles. The molecule has 1 N–H and O–H groups in total. The number of aromatic nitrogens is 2. The van der Waals surface area contributed by atoms with Gasteiger partial charge in [0.15, 0.2) is 0 Å². The van der Waals surface area contributed by atoms with E-state index in [1.165, 1.54) is 6.07 Å². The summed E-state index contributed by atoms with van der Waals surface area (Å²) in [6, 6.07) is 13.8. The largest absolute Gasteiger partial charge is 0.507 e. The lowest BCUT2D eigenvalue weighted by Crippen LogP contribution is -2.50. The van der Waals surface area contributed by atoms with Gasteiger partial charge in [-0.25, -0.2) is 4.68 Å². The fourth-order valence-corrected chi connectivity index (χ4v) is 4.10. The van der Waals surface area contributed by atoms with Crippen LogP contribution in [0.5, 0.6) is 5.75 Å². The molecule has 0 radical (unpaired) electrons. The molecule has 1 aliphatic rings. The monoisotopic (exact) mass is 452 g/mol. The first-order valence-corrected chi connectivity index (χ1v) is 10.9.